The van der Waals surface area contributed by atoms with Crippen molar-refractivity contribution >= 4 is 17.3 Å². The molecule has 0 aliphatic heterocycles. The van der Waals surface area contributed by atoms with Crippen molar-refractivity contribution in [3.8, 4) is 11.5 Å². The third kappa shape index (κ3) is 1.65. The number of benzene rings is 1. The molecule has 0 atom stereocenters. The minimum absolute atomic E-state index is 0.488. The van der Waals surface area contributed by atoms with Gasteiger partial charge in [0.1, 0.15) is 0 Å². The number of hydrogen-bond donors (Lipinski definition) is 1. The van der Waals surface area contributed by atoms with Gasteiger partial charge in [-0.1, -0.05) is 16.8 Å². The normalized spacial score (nSPS) is 15.3. The molecule has 0 radical (unpaired) electrons. The summed E-state index contributed by atoms with van der Waals surface area (Å²) in [5.41, 5.74) is 7.04. The lowest BCUT2D eigenvalue weighted by Gasteiger charge is -1.98. The van der Waals surface area contributed by atoms with Crippen LogP contribution in [0.1, 0.15) is 24.6 Å². The molecule has 1 aliphatic rings. The third-order valence-electron chi connectivity index (χ3n) is 2.63. The molecule has 0 bridgehead atoms. The second-order valence-electron chi connectivity index (χ2n) is 3.97. The predicted octanol–water partition coefficient (Wildman–Crippen LogP) is 2.85. The van der Waals surface area contributed by atoms with Crippen molar-refractivity contribution in [1.82, 2.24) is 10.1 Å². The smallest absolute Gasteiger partial charge is 0.258 e. The van der Waals surface area contributed by atoms with Crippen molar-refractivity contribution in [1.29, 1.82) is 0 Å². The second kappa shape index (κ2) is 3.49. The molecule has 0 unspecified atom stereocenters. The van der Waals surface area contributed by atoms with Crippen LogP contribution in [0, 0.1) is 0 Å². The Morgan fingerprint density at radius 2 is 2.19 bits per heavy atom. The summed E-state index contributed by atoms with van der Waals surface area (Å²) in [4.78, 5) is 4.34. The van der Waals surface area contributed by atoms with E-state index in [0.29, 0.717) is 22.5 Å². The van der Waals surface area contributed by atoms with Gasteiger partial charge >= 0.3 is 0 Å². The number of rotatable bonds is 2. The molecular formula is C11H10ClN3O. The Balaban J connectivity index is 1.97. The van der Waals surface area contributed by atoms with Crippen molar-refractivity contribution < 1.29 is 4.52 Å². The molecule has 1 fully saturated rings. The van der Waals surface area contributed by atoms with Gasteiger partial charge in [-0.15, -0.1) is 0 Å². The van der Waals surface area contributed by atoms with Crippen molar-refractivity contribution in [2.75, 3.05) is 5.73 Å². The first kappa shape index (κ1) is 9.66. The molecule has 1 saturated carbocycles. The van der Waals surface area contributed by atoms with Gasteiger partial charge in [-0.3, -0.25) is 0 Å². The highest BCUT2D eigenvalue weighted by Crippen LogP contribution is 2.39. The van der Waals surface area contributed by atoms with Crippen LogP contribution in [-0.2, 0) is 0 Å². The van der Waals surface area contributed by atoms with E-state index >= 15 is 0 Å². The first-order valence-corrected chi connectivity index (χ1v) is 5.51. The maximum absolute atomic E-state index is 5.84. The van der Waals surface area contributed by atoms with Crippen molar-refractivity contribution in [2.45, 2.75) is 18.8 Å². The minimum Gasteiger partial charge on any atom is -0.398 e. The van der Waals surface area contributed by atoms with E-state index in [1.54, 1.807) is 12.1 Å². The van der Waals surface area contributed by atoms with Gasteiger partial charge in [0, 0.05) is 11.5 Å². The van der Waals surface area contributed by atoms with Crippen LogP contribution in [0.15, 0.2) is 22.7 Å². The largest absolute Gasteiger partial charge is 0.398 e. The van der Waals surface area contributed by atoms with E-state index in [-0.39, 0.29) is 0 Å². The molecule has 1 aromatic heterocycles. The van der Waals surface area contributed by atoms with E-state index in [0.717, 1.165) is 24.2 Å². The highest BCUT2D eigenvalue weighted by Gasteiger charge is 2.28. The van der Waals surface area contributed by atoms with E-state index < -0.39 is 0 Å². The standard InChI is InChI=1S/C11H10ClN3O/c12-8-4-3-7(5-9(8)13)11-14-10(15-16-11)6-1-2-6/h3-6H,1-2,13H2. The Morgan fingerprint density at radius 3 is 2.88 bits per heavy atom. The van der Waals surface area contributed by atoms with Gasteiger partial charge in [0.2, 0.25) is 0 Å². The summed E-state index contributed by atoms with van der Waals surface area (Å²) in [6, 6.07) is 5.29. The number of hydrogen-bond acceptors (Lipinski definition) is 4. The molecule has 0 saturated heterocycles. The molecule has 5 heteroatoms. The topological polar surface area (TPSA) is 64.9 Å². The summed E-state index contributed by atoms with van der Waals surface area (Å²) in [5.74, 6) is 1.79. The van der Waals surface area contributed by atoms with Crippen LogP contribution in [0.4, 0.5) is 5.69 Å². The van der Waals surface area contributed by atoms with Crippen LogP contribution < -0.4 is 5.73 Å². The molecule has 1 aliphatic carbocycles. The summed E-state index contributed by atoms with van der Waals surface area (Å²) in [5, 5.41) is 4.48. The predicted molar refractivity (Wildman–Crippen MR) is 61.1 cm³/mol. The molecule has 3 rings (SSSR count). The Labute approximate surface area is 97.4 Å². The molecule has 0 spiro atoms. The van der Waals surface area contributed by atoms with Crippen LogP contribution in [0.3, 0.4) is 0 Å². The number of nitrogens with zero attached hydrogens (tertiary/aromatic N) is 2. The lowest BCUT2D eigenvalue weighted by Crippen LogP contribution is -1.87. The molecule has 1 heterocycles. The minimum atomic E-state index is 0.488. The fourth-order valence-corrected chi connectivity index (χ4v) is 1.65. The molecule has 4 nitrogen and oxygen atoms in total. The van der Waals surface area contributed by atoms with Crippen molar-refractivity contribution in [3.05, 3.63) is 29.0 Å². The Morgan fingerprint density at radius 1 is 1.38 bits per heavy atom. The Bertz CT molecular complexity index is 534. The van der Waals surface area contributed by atoms with E-state index in [1.807, 2.05) is 6.07 Å². The molecule has 2 N–H and O–H groups in total. The summed E-state index contributed by atoms with van der Waals surface area (Å²) in [6.45, 7) is 0. The van der Waals surface area contributed by atoms with E-state index in [2.05, 4.69) is 10.1 Å². The first-order valence-electron chi connectivity index (χ1n) is 5.13. The highest BCUT2D eigenvalue weighted by atomic mass is 35.5. The lowest BCUT2D eigenvalue weighted by molar-refractivity contribution is 0.422. The zero-order valence-corrected chi connectivity index (χ0v) is 9.24. The van der Waals surface area contributed by atoms with Gasteiger partial charge in [-0.25, -0.2) is 0 Å². The van der Waals surface area contributed by atoms with Crippen LogP contribution >= 0.6 is 11.6 Å². The highest BCUT2D eigenvalue weighted by molar-refractivity contribution is 6.33. The van der Waals surface area contributed by atoms with Gasteiger partial charge in [0.05, 0.1) is 10.7 Å². The van der Waals surface area contributed by atoms with Crippen molar-refractivity contribution in [2.24, 2.45) is 0 Å². The molecule has 0 amide bonds. The van der Waals surface area contributed by atoms with Gasteiger partial charge < -0.3 is 10.3 Å². The Hall–Kier alpha value is -1.55. The molecule has 1 aromatic carbocycles. The van der Waals surface area contributed by atoms with Crippen LogP contribution in [0.2, 0.25) is 5.02 Å². The van der Waals surface area contributed by atoms with Gasteiger partial charge in [-0.2, -0.15) is 4.98 Å². The summed E-state index contributed by atoms with van der Waals surface area (Å²) in [7, 11) is 0. The zero-order valence-electron chi connectivity index (χ0n) is 8.48. The monoisotopic (exact) mass is 235 g/mol. The average molecular weight is 236 g/mol. The number of nitrogen functional groups attached to an aromatic ring is 1. The quantitative estimate of drug-likeness (QED) is 0.813. The average Bonchev–Trinajstić information content (AvgIpc) is 3.01. The molecule has 2 aromatic rings. The number of anilines is 1. The molecule has 82 valence electrons. The lowest BCUT2D eigenvalue weighted by atomic mass is 10.2. The summed E-state index contributed by atoms with van der Waals surface area (Å²) >= 11 is 5.84. The van der Waals surface area contributed by atoms with Crippen LogP contribution in [0.25, 0.3) is 11.5 Å². The zero-order chi connectivity index (χ0) is 11.1. The van der Waals surface area contributed by atoms with E-state index in [4.69, 9.17) is 21.9 Å². The summed E-state index contributed by atoms with van der Waals surface area (Å²) < 4.78 is 5.19. The number of halogens is 1. The second-order valence-corrected chi connectivity index (χ2v) is 4.38. The van der Waals surface area contributed by atoms with E-state index in [9.17, 15) is 0 Å². The van der Waals surface area contributed by atoms with Crippen molar-refractivity contribution in [3.63, 3.8) is 0 Å². The summed E-state index contributed by atoms with van der Waals surface area (Å²) in [6.07, 6.45) is 2.31. The van der Waals surface area contributed by atoms with Crippen LogP contribution in [-0.4, -0.2) is 10.1 Å². The SMILES string of the molecule is Nc1cc(-c2nc(C3CC3)no2)ccc1Cl. The van der Waals surface area contributed by atoms with Gasteiger partial charge in [0.25, 0.3) is 5.89 Å². The maximum atomic E-state index is 5.84. The Kier molecular flexibility index (Phi) is 2.11. The van der Waals surface area contributed by atoms with Crippen LogP contribution in [0.5, 0.6) is 0 Å². The third-order valence-corrected chi connectivity index (χ3v) is 2.97. The first-order chi connectivity index (χ1) is 7.74. The van der Waals surface area contributed by atoms with E-state index in [1.165, 1.54) is 0 Å². The van der Waals surface area contributed by atoms with Gasteiger partial charge in [0.15, 0.2) is 5.82 Å². The fraction of sp³-hybridized carbons (Fsp3) is 0.273. The number of aromatic nitrogens is 2. The van der Waals surface area contributed by atoms with Gasteiger partial charge in [-0.05, 0) is 31.0 Å². The molecular weight excluding hydrogens is 226 g/mol. The molecule has 16 heavy (non-hydrogen) atoms. The fourth-order valence-electron chi connectivity index (χ4n) is 1.54. The maximum Gasteiger partial charge on any atom is 0.258 e. The number of nitrogens with two attached hydrogens (primary N) is 1.